The molecule has 2 nitrogen and oxygen atoms in total. The van der Waals surface area contributed by atoms with E-state index in [1.807, 2.05) is 6.07 Å². The first-order valence-electron chi connectivity index (χ1n) is 5.03. The van der Waals surface area contributed by atoms with E-state index < -0.39 is 0 Å². The molecule has 78 valence electrons. The third-order valence-corrected chi connectivity index (χ3v) is 2.79. The van der Waals surface area contributed by atoms with Crippen molar-refractivity contribution >= 4 is 0 Å². The summed E-state index contributed by atoms with van der Waals surface area (Å²) < 4.78 is 5.03. The van der Waals surface area contributed by atoms with Gasteiger partial charge in [-0.25, -0.2) is 0 Å². The van der Waals surface area contributed by atoms with Crippen molar-refractivity contribution in [2.24, 2.45) is 5.73 Å². The molecule has 2 N–H and O–H groups in total. The molecular formula is C13H15NO. The van der Waals surface area contributed by atoms with Crippen LogP contribution in [-0.2, 0) is 0 Å². The fraction of sp³-hybridized carbons (Fsp3) is 0.231. The normalized spacial score (nSPS) is 12.7. The standard InChI is InChI=1S/C13H15NO/c1-9-3-4-11(7-10(9)2)13(14)12-5-6-15-8-12/h3-8,13H,14H2,1-2H3. The van der Waals surface area contributed by atoms with E-state index in [0.717, 1.165) is 11.1 Å². The molecular weight excluding hydrogens is 186 g/mol. The van der Waals surface area contributed by atoms with Crippen LogP contribution in [0.3, 0.4) is 0 Å². The second kappa shape index (κ2) is 3.91. The first-order chi connectivity index (χ1) is 7.18. The third kappa shape index (κ3) is 1.95. The van der Waals surface area contributed by atoms with Crippen LogP contribution in [0.4, 0.5) is 0 Å². The van der Waals surface area contributed by atoms with Crippen LogP contribution < -0.4 is 5.73 Å². The van der Waals surface area contributed by atoms with Gasteiger partial charge in [0, 0.05) is 5.56 Å². The molecule has 1 aromatic carbocycles. The smallest absolute Gasteiger partial charge is 0.0953 e. The lowest BCUT2D eigenvalue weighted by atomic mass is 9.98. The van der Waals surface area contributed by atoms with Crippen LogP contribution in [0.25, 0.3) is 0 Å². The van der Waals surface area contributed by atoms with Crippen LogP contribution in [0.5, 0.6) is 0 Å². The first-order valence-corrected chi connectivity index (χ1v) is 5.03. The molecule has 0 saturated heterocycles. The molecule has 0 saturated carbocycles. The van der Waals surface area contributed by atoms with Crippen LogP contribution in [-0.4, -0.2) is 0 Å². The Labute approximate surface area is 89.7 Å². The van der Waals surface area contributed by atoms with Gasteiger partial charge in [-0.3, -0.25) is 0 Å². The quantitative estimate of drug-likeness (QED) is 0.811. The second-order valence-corrected chi connectivity index (χ2v) is 3.88. The van der Waals surface area contributed by atoms with Gasteiger partial charge in [-0.1, -0.05) is 18.2 Å². The summed E-state index contributed by atoms with van der Waals surface area (Å²) in [5, 5.41) is 0. The highest BCUT2D eigenvalue weighted by atomic mass is 16.3. The summed E-state index contributed by atoms with van der Waals surface area (Å²) in [5.74, 6) is 0. The highest BCUT2D eigenvalue weighted by molar-refractivity contribution is 5.35. The molecule has 2 heteroatoms. The molecule has 0 aliphatic carbocycles. The summed E-state index contributed by atoms with van der Waals surface area (Å²) >= 11 is 0. The fourth-order valence-corrected chi connectivity index (χ4v) is 1.60. The molecule has 0 aliphatic heterocycles. The Hall–Kier alpha value is -1.54. The van der Waals surface area contributed by atoms with Crippen molar-refractivity contribution in [2.45, 2.75) is 19.9 Å². The van der Waals surface area contributed by atoms with E-state index in [1.54, 1.807) is 12.5 Å². The van der Waals surface area contributed by atoms with Crippen molar-refractivity contribution in [3.05, 3.63) is 59.0 Å². The van der Waals surface area contributed by atoms with Crippen LogP contribution in [0, 0.1) is 13.8 Å². The van der Waals surface area contributed by atoms with Crippen molar-refractivity contribution in [1.29, 1.82) is 0 Å². The molecule has 15 heavy (non-hydrogen) atoms. The maximum absolute atomic E-state index is 6.12. The maximum Gasteiger partial charge on any atom is 0.0953 e. The van der Waals surface area contributed by atoms with E-state index in [4.69, 9.17) is 10.2 Å². The lowest BCUT2D eigenvalue weighted by molar-refractivity contribution is 0.562. The van der Waals surface area contributed by atoms with Gasteiger partial charge >= 0.3 is 0 Å². The van der Waals surface area contributed by atoms with Crippen molar-refractivity contribution in [3.8, 4) is 0 Å². The van der Waals surface area contributed by atoms with Crippen molar-refractivity contribution in [2.75, 3.05) is 0 Å². The molecule has 1 heterocycles. The van der Waals surface area contributed by atoms with E-state index in [1.165, 1.54) is 11.1 Å². The molecule has 0 amide bonds. The Bertz CT molecular complexity index is 446. The monoisotopic (exact) mass is 201 g/mol. The number of furan rings is 1. The molecule has 0 aliphatic rings. The predicted octanol–water partition coefficient (Wildman–Crippen LogP) is 2.94. The van der Waals surface area contributed by atoms with Gasteiger partial charge < -0.3 is 10.2 Å². The third-order valence-electron chi connectivity index (χ3n) is 2.79. The van der Waals surface area contributed by atoms with Crippen LogP contribution >= 0.6 is 0 Å². The number of benzene rings is 1. The average Bonchev–Trinajstić information content (AvgIpc) is 2.74. The number of aryl methyl sites for hydroxylation is 2. The van der Waals surface area contributed by atoms with E-state index in [9.17, 15) is 0 Å². The SMILES string of the molecule is Cc1ccc(C(N)c2ccoc2)cc1C. The first kappa shape index (κ1) is 9.99. The van der Waals surface area contributed by atoms with E-state index >= 15 is 0 Å². The topological polar surface area (TPSA) is 39.2 Å². The van der Waals surface area contributed by atoms with Crippen molar-refractivity contribution < 1.29 is 4.42 Å². The zero-order valence-electron chi connectivity index (χ0n) is 9.03. The maximum atomic E-state index is 6.12. The van der Waals surface area contributed by atoms with E-state index in [2.05, 4.69) is 32.0 Å². The Kier molecular flexibility index (Phi) is 2.60. The summed E-state index contributed by atoms with van der Waals surface area (Å²) in [6.45, 7) is 4.20. The number of hydrogen-bond acceptors (Lipinski definition) is 2. The van der Waals surface area contributed by atoms with Gasteiger partial charge in [0.15, 0.2) is 0 Å². The summed E-state index contributed by atoms with van der Waals surface area (Å²) in [6, 6.07) is 8.11. The lowest BCUT2D eigenvalue weighted by Crippen LogP contribution is -2.11. The molecule has 2 rings (SSSR count). The van der Waals surface area contributed by atoms with Crippen molar-refractivity contribution in [1.82, 2.24) is 0 Å². The highest BCUT2D eigenvalue weighted by Gasteiger charge is 2.10. The van der Waals surface area contributed by atoms with Gasteiger partial charge in [-0.05, 0) is 36.6 Å². The minimum absolute atomic E-state index is 0.0944. The zero-order chi connectivity index (χ0) is 10.8. The number of rotatable bonds is 2. The molecule has 0 spiro atoms. The van der Waals surface area contributed by atoms with Gasteiger partial charge in [0.1, 0.15) is 0 Å². The van der Waals surface area contributed by atoms with E-state index in [0.29, 0.717) is 0 Å². The Morgan fingerprint density at radius 2 is 1.87 bits per heavy atom. The number of nitrogens with two attached hydrogens (primary N) is 1. The zero-order valence-corrected chi connectivity index (χ0v) is 9.03. The van der Waals surface area contributed by atoms with Crippen LogP contribution in [0.2, 0.25) is 0 Å². The fourth-order valence-electron chi connectivity index (χ4n) is 1.60. The molecule has 1 atom stereocenters. The van der Waals surface area contributed by atoms with Gasteiger partial charge in [0.05, 0.1) is 18.6 Å². The summed E-state index contributed by atoms with van der Waals surface area (Å²) in [7, 11) is 0. The second-order valence-electron chi connectivity index (χ2n) is 3.88. The van der Waals surface area contributed by atoms with Gasteiger partial charge in [-0.15, -0.1) is 0 Å². The van der Waals surface area contributed by atoms with Crippen molar-refractivity contribution in [3.63, 3.8) is 0 Å². The molecule has 0 bridgehead atoms. The average molecular weight is 201 g/mol. The molecule has 0 fully saturated rings. The van der Waals surface area contributed by atoms with Gasteiger partial charge in [-0.2, -0.15) is 0 Å². The summed E-state index contributed by atoms with van der Waals surface area (Å²) in [6.07, 6.45) is 3.34. The van der Waals surface area contributed by atoms with Crippen LogP contribution in [0.1, 0.15) is 28.3 Å². The van der Waals surface area contributed by atoms with Gasteiger partial charge in [0.2, 0.25) is 0 Å². The predicted molar refractivity (Wildman–Crippen MR) is 60.7 cm³/mol. The Balaban J connectivity index is 2.34. The highest BCUT2D eigenvalue weighted by Crippen LogP contribution is 2.21. The largest absolute Gasteiger partial charge is 0.472 e. The molecule has 1 unspecified atom stereocenters. The number of hydrogen-bond donors (Lipinski definition) is 1. The Morgan fingerprint density at radius 1 is 1.07 bits per heavy atom. The minimum Gasteiger partial charge on any atom is -0.472 e. The molecule has 1 aromatic heterocycles. The van der Waals surface area contributed by atoms with Crippen LogP contribution in [0.15, 0.2) is 41.2 Å². The molecule has 2 aromatic rings. The summed E-state index contributed by atoms with van der Waals surface area (Å²) in [5.41, 5.74) is 10.8. The lowest BCUT2D eigenvalue weighted by Gasteiger charge is -2.11. The summed E-state index contributed by atoms with van der Waals surface area (Å²) in [4.78, 5) is 0. The van der Waals surface area contributed by atoms with E-state index in [-0.39, 0.29) is 6.04 Å². The minimum atomic E-state index is -0.0944. The Morgan fingerprint density at radius 3 is 2.47 bits per heavy atom. The molecule has 0 radical (unpaired) electrons. The van der Waals surface area contributed by atoms with Gasteiger partial charge in [0.25, 0.3) is 0 Å².